The van der Waals surface area contributed by atoms with Crippen molar-refractivity contribution in [2.45, 2.75) is 6.04 Å². The molecule has 1 heterocycles. The van der Waals surface area contributed by atoms with E-state index in [9.17, 15) is 14.7 Å². The molecule has 1 fully saturated rings. The summed E-state index contributed by atoms with van der Waals surface area (Å²) in [6.45, 7) is 0.309. The van der Waals surface area contributed by atoms with E-state index in [1.165, 1.54) is 17.0 Å². The molecule has 2 atom stereocenters. The van der Waals surface area contributed by atoms with Gasteiger partial charge in [-0.1, -0.05) is 12.1 Å². The van der Waals surface area contributed by atoms with Crippen LogP contribution in [0.3, 0.4) is 0 Å². The maximum absolute atomic E-state index is 11.8. The monoisotopic (exact) mass is 221 g/mol. The zero-order valence-corrected chi connectivity index (χ0v) is 8.46. The number of hydrogen-bond acceptors (Lipinski definition) is 4. The van der Waals surface area contributed by atoms with Gasteiger partial charge in [-0.15, -0.1) is 0 Å². The van der Waals surface area contributed by atoms with Gasteiger partial charge >= 0.3 is 5.97 Å². The third-order valence-corrected chi connectivity index (χ3v) is 2.53. The van der Waals surface area contributed by atoms with Crippen LogP contribution < -0.4 is 0 Å². The molecule has 16 heavy (non-hydrogen) atoms. The minimum atomic E-state index is -0.951. The topological polar surface area (TPSA) is 77.6 Å². The van der Waals surface area contributed by atoms with Crippen molar-refractivity contribution in [1.82, 2.24) is 4.90 Å². The zero-order chi connectivity index (χ0) is 11.7. The van der Waals surface area contributed by atoms with Gasteiger partial charge in [-0.2, -0.15) is 0 Å². The van der Waals surface area contributed by atoms with Crippen molar-refractivity contribution in [2.75, 3.05) is 13.1 Å². The fourth-order valence-electron chi connectivity index (χ4n) is 1.63. The van der Waals surface area contributed by atoms with Crippen LogP contribution in [0.15, 0.2) is 24.3 Å². The van der Waals surface area contributed by atoms with Gasteiger partial charge in [0, 0.05) is 6.54 Å². The van der Waals surface area contributed by atoms with Crippen LogP contribution in [0.2, 0.25) is 0 Å². The molecule has 0 aliphatic carbocycles. The number of hydrogen-bond donors (Lipinski definition) is 2. The molecule has 1 saturated heterocycles. The molecule has 1 aliphatic heterocycles. The van der Waals surface area contributed by atoms with E-state index in [1.54, 1.807) is 12.1 Å². The number of phenols is 1. The Bertz CT molecular complexity index is 443. The number of carbonyl (C=O) groups is 2. The van der Waals surface area contributed by atoms with E-state index in [1.807, 2.05) is 0 Å². The number of ketones is 1. The number of phenolic OH excluding ortho intramolecular Hbond substituents is 1. The van der Waals surface area contributed by atoms with Gasteiger partial charge in [-0.3, -0.25) is 14.5 Å². The lowest BCUT2D eigenvalue weighted by Crippen LogP contribution is -2.18. The molecule has 0 radical (unpaired) electrons. The third kappa shape index (κ3) is 2.04. The molecule has 1 aromatic rings. The summed E-state index contributed by atoms with van der Waals surface area (Å²) in [5, 5.41) is 18.0. The second-order valence-electron chi connectivity index (χ2n) is 3.72. The number of Topliss-reactive ketones (excluding diaryl/α,β-unsaturated/α-hetero) is 1. The number of carboxylic acid groups (broad SMARTS) is 1. The van der Waals surface area contributed by atoms with E-state index in [4.69, 9.17) is 5.11 Å². The predicted octanol–water partition coefficient (Wildman–Crippen LogP) is 0.344. The van der Waals surface area contributed by atoms with Crippen LogP contribution in [0.4, 0.5) is 0 Å². The van der Waals surface area contributed by atoms with E-state index in [2.05, 4.69) is 0 Å². The van der Waals surface area contributed by atoms with Gasteiger partial charge in [0.2, 0.25) is 0 Å². The Balaban J connectivity index is 2.06. The summed E-state index contributed by atoms with van der Waals surface area (Å²) in [5.41, 5.74) is 0.250. The van der Waals surface area contributed by atoms with Crippen LogP contribution in [0.25, 0.3) is 0 Å². The maximum atomic E-state index is 11.8. The predicted molar refractivity (Wildman–Crippen MR) is 55.4 cm³/mol. The molecule has 0 amide bonds. The summed E-state index contributed by atoms with van der Waals surface area (Å²) in [7, 11) is 0. The van der Waals surface area contributed by atoms with Gasteiger partial charge < -0.3 is 10.2 Å². The van der Waals surface area contributed by atoms with Crippen molar-refractivity contribution in [3.05, 3.63) is 29.8 Å². The standard InChI is InChI=1S/C11H11NO4/c13-9-4-2-1-3-7(9)11(16)8-5-12(8)6-10(14)15/h1-4,8,13H,5-6H2,(H,14,15). The molecule has 5 heteroatoms. The van der Waals surface area contributed by atoms with Crippen molar-refractivity contribution in [3.8, 4) is 5.75 Å². The van der Waals surface area contributed by atoms with E-state index >= 15 is 0 Å². The molecular weight excluding hydrogens is 210 g/mol. The van der Waals surface area contributed by atoms with Gasteiger partial charge in [0.15, 0.2) is 5.78 Å². The molecule has 2 unspecified atom stereocenters. The van der Waals surface area contributed by atoms with Crippen LogP contribution in [0.1, 0.15) is 10.4 Å². The molecule has 0 bridgehead atoms. The summed E-state index contributed by atoms with van der Waals surface area (Å²) in [6.07, 6.45) is 0. The second kappa shape index (κ2) is 3.94. The summed E-state index contributed by atoms with van der Waals surface area (Å²) >= 11 is 0. The molecule has 84 valence electrons. The van der Waals surface area contributed by atoms with Crippen LogP contribution in [-0.2, 0) is 4.79 Å². The number of aromatic hydroxyl groups is 1. The van der Waals surface area contributed by atoms with Crippen molar-refractivity contribution in [3.63, 3.8) is 0 Å². The molecule has 1 aromatic carbocycles. The Hall–Kier alpha value is -1.88. The average molecular weight is 221 g/mol. The lowest BCUT2D eigenvalue weighted by molar-refractivity contribution is -0.137. The first-order valence-electron chi connectivity index (χ1n) is 4.87. The maximum Gasteiger partial charge on any atom is 0.317 e. The number of nitrogens with zero attached hydrogens (tertiary/aromatic N) is 1. The minimum Gasteiger partial charge on any atom is -0.507 e. The van der Waals surface area contributed by atoms with E-state index in [0.29, 0.717) is 6.54 Å². The van der Waals surface area contributed by atoms with Crippen molar-refractivity contribution in [2.24, 2.45) is 0 Å². The average Bonchev–Trinajstić information content (AvgIpc) is 2.96. The fraction of sp³-hybridized carbons (Fsp3) is 0.273. The summed E-state index contributed by atoms with van der Waals surface area (Å²) in [6, 6.07) is 5.88. The Labute approximate surface area is 91.9 Å². The lowest BCUT2D eigenvalue weighted by Gasteiger charge is -2.02. The van der Waals surface area contributed by atoms with Crippen LogP contribution in [0, 0.1) is 0 Å². The van der Waals surface area contributed by atoms with Crippen LogP contribution in [0.5, 0.6) is 5.75 Å². The Kier molecular flexibility index (Phi) is 2.62. The molecule has 0 saturated carbocycles. The lowest BCUT2D eigenvalue weighted by atomic mass is 10.1. The number of aliphatic carboxylic acids is 1. The largest absolute Gasteiger partial charge is 0.507 e. The first-order chi connectivity index (χ1) is 7.59. The molecule has 5 nitrogen and oxygen atoms in total. The first-order valence-corrected chi connectivity index (χ1v) is 4.87. The van der Waals surface area contributed by atoms with Gasteiger partial charge in [-0.25, -0.2) is 0 Å². The highest BCUT2D eigenvalue weighted by atomic mass is 16.4. The van der Waals surface area contributed by atoms with Gasteiger partial charge in [-0.05, 0) is 12.1 Å². The molecule has 2 rings (SSSR count). The first kappa shape index (κ1) is 10.6. The summed E-state index contributed by atoms with van der Waals surface area (Å²) < 4.78 is 0. The summed E-state index contributed by atoms with van der Waals surface area (Å²) in [4.78, 5) is 23.8. The highest BCUT2D eigenvalue weighted by molar-refractivity contribution is 6.04. The Morgan fingerprint density at radius 2 is 2.06 bits per heavy atom. The van der Waals surface area contributed by atoms with E-state index in [-0.39, 0.29) is 23.6 Å². The smallest absolute Gasteiger partial charge is 0.317 e. The molecular formula is C11H11NO4. The number of carboxylic acids is 1. The SMILES string of the molecule is O=C(O)CN1CC1C(=O)c1ccccc1O. The number of para-hydroxylation sites is 1. The van der Waals surface area contributed by atoms with Crippen molar-refractivity contribution in [1.29, 1.82) is 0 Å². The zero-order valence-electron chi connectivity index (χ0n) is 8.46. The quantitative estimate of drug-likeness (QED) is 0.566. The van der Waals surface area contributed by atoms with Crippen LogP contribution in [-0.4, -0.2) is 46.0 Å². The summed E-state index contributed by atoms with van der Waals surface area (Å²) in [5.74, 6) is -1.23. The molecule has 1 aliphatic rings. The minimum absolute atomic E-state index is 0.0605. The Morgan fingerprint density at radius 3 is 2.69 bits per heavy atom. The normalized spacial score (nSPS) is 22.8. The molecule has 0 aromatic heterocycles. The fourth-order valence-corrected chi connectivity index (χ4v) is 1.63. The van der Waals surface area contributed by atoms with Gasteiger partial charge in [0.1, 0.15) is 5.75 Å². The second-order valence-corrected chi connectivity index (χ2v) is 3.72. The van der Waals surface area contributed by atoms with Gasteiger partial charge in [0.05, 0.1) is 18.2 Å². The van der Waals surface area contributed by atoms with Crippen LogP contribution >= 0.6 is 0 Å². The number of carbonyl (C=O) groups excluding carboxylic acids is 1. The highest BCUT2D eigenvalue weighted by Gasteiger charge is 2.42. The molecule has 2 N–H and O–H groups in total. The number of rotatable bonds is 4. The Morgan fingerprint density at radius 1 is 1.38 bits per heavy atom. The van der Waals surface area contributed by atoms with Crippen molar-refractivity contribution >= 4 is 11.8 Å². The third-order valence-electron chi connectivity index (χ3n) is 2.53. The van der Waals surface area contributed by atoms with Gasteiger partial charge in [0.25, 0.3) is 0 Å². The van der Waals surface area contributed by atoms with E-state index < -0.39 is 12.0 Å². The van der Waals surface area contributed by atoms with Crippen molar-refractivity contribution < 1.29 is 19.8 Å². The number of benzene rings is 1. The molecule has 0 spiro atoms. The highest BCUT2D eigenvalue weighted by Crippen LogP contribution is 2.25. The van der Waals surface area contributed by atoms with E-state index in [0.717, 1.165) is 0 Å².